The number of carbonyl (C=O) groups is 2. The predicted molar refractivity (Wildman–Crippen MR) is 114 cm³/mol. The third-order valence-electron chi connectivity index (χ3n) is 4.23. The van der Waals surface area contributed by atoms with Gasteiger partial charge in [-0.2, -0.15) is 0 Å². The van der Waals surface area contributed by atoms with E-state index in [4.69, 9.17) is 9.47 Å². The van der Waals surface area contributed by atoms with Crippen molar-refractivity contribution < 1.29 is 19.1 Å². The van der Waals surface area contributed by atoms with Crippen molar-refractivity contribution in [2.75, 3.05) is 18.5 Å². The molecule has 3 rings (SSSR count). The van der Waals surface area contributed by atoms with Gasteiger partial charge >= 0.3 is 0 Å². The summed E-state index contributed by atoms with van der Waals surface area (Å²) in [7, 11) is 0. The van der Waals surface area contributed by atoms with E-state index in [0.29, 0.717) is 35.6 Å². The normalized spacial score (nSPS) is 10.2. The monoisotopic (exact) mass is 389 g/mol. The first-order valence-corrected chi connectivity index (χ1v) is 9.50. The second kappa shape index (κ2) is 10.1. The van der Waals surface area contributed by atoms with Gasteiger partial charge in [0.05, 0.1) is 12.2 Å². The first-order valence-electron chi connectivity index (χ1n) is 9.50. The van der Waals surface area contributed by atoms with Gasteiger partial charge in [-0.25, -0.2) is 0 Å². The fourth-order valence-corrected chi connectivity index (χ4v) is 2.84. The number of nitrogens with one attached hydrogen (secondary N) is 1. The molecule has 148 valence electrons. The molecule has 0 heterocycles. The van der Waals surface area contributed by atoms with Crippen LogP contribution in [0.25, 0.3) is 11.1 Å². The third-order valence-corrected chi connectivity index (χ3v) is 4.23. The molecule has 0 saturated heterocycles. The number of rotatable bonds is 9. The van der Waals surface area contributed by atoms with Crippen LogP contribution in [0.5, 0.6) is 11.5 Å². The molecule has 0 aromatic heterocycles. The molecule has 0 aliphatic heterocycles. The lowest BCUT2D eigenvalue weighted by Crippen LogP contribution is -2.21. The Morgan fingerprint density at radius 2 is 1.72 bits per heavy atom. The summed E-state index contributed by atoms with van der Waals surface area (Å²) in [5, 5.41) is 2.88. The van der Waals surface area contributed by atoms with Gasteiger partial charge < -0.3 is 14.8 Å². The van der Waals surface area contributed by atoms with Crippen molar-refractivity contribution in [3.05, 3.63) is 78.4 Å². The Balaban J connectivity index is 1.69. The smallest absolute Gasteiger partial charge is 0.262 e. The Labute approximate surface area is 170 Å². The number of amides is 1. The summed E-state index contributed by atoms with van der Waals surface area (Å²) in [6, 6.07) is 22.4. The highest BCUT2D eigenvalue weighted by Crippen LogP contribution is 2.28. The number of aldehydes is 1. The quantitative estimate of drug-likeness (QED) is 0.525. The Morgan fingerprint density at radius 1 is 0.966 bits per heavy atom. The largest absolute Gasteiger partial charge is 0.493 e. The average Bonchev–Trinajstić information content (AvgIpc) is 2.77. The molecule has 0 bridgehead atoms. The summed E-state index contributed by atoms with van der Waals surface area (Å²) in [6.07, 6.45) is 1.57. The number of anilines is 1. The number of para-hydroxylation sites is 1. The van der Waals surface area contributed by atoms with Crippen LogP contribution < -0.4 is 14.8 Å². The molecular formula is C24H23NO4. The van der Waals surface area contributed by atoms with Crippen LogP contribution in [0.1, 0.15) is 23.7 Å². The topological polar surface area (TPSA) is 64.6 Å². The van der Waals surface area contributed by atoms with Gasteiger partial charge in [-0.15, -0.1) is 0 Å². The first-order chi connectivity index (χ1) is 14.2. The van der Waals surface area contributed by atoms with Crippen molar-refractivity contribution in [2.24, 2.45) is 0 Å². The summed E-state index contributed by atoms with van der Waals surface area (Å²) in [6.45, 7) is 2.35. The first kappa shape index (κ1) is 20.1. The van der Waals surface area contributed by atoms with E-state index in [9.17, 15) is 9.59 Å². The lowest BCUT2D eigenvalue weighted by atomic mass is 10.0. The Hall–Kier alpha value is -3.60. The lowest BCUT2D eigenvalue weighted by molar-refractivity contribution is -0.118. The summed E-state index contributed by atoms with van der Waals surface area (Å²) in [4.78, 5) is 23.7. The van der Waals surface area contributed by atoms with E-state index < -0.39 is 0 Å². The maximum Gasteiger partial charge on any atom is 0.262 e. The van der Waals surface area contributed by atoms with Crippen LogP contribution >= 0.6 is 0 Å². The second-order valence-corrected chi connectivity index (χ2v) is 6.41. The third kappa shape index (κ3) is 5.45. The van der Waals surface area contributed by atoms with Gasteiger partial charge in [-0.3, -0.25) is 9.59 Å². The molecule has 0 aliphatic carbocycles. The summed E-state index contributed by atoms with van der Waals surface area (Å²) in [5.74, 6) is 0.604. The molecule has 0 aliphatic rings. The standard InChI is InChI=1S/C24H23NO4/c1-2-14-28-20-13-12-19(16-26)23(15-20)29-17-24(27)25-22-11-7-6-10-21(22)18-8-4-3-5-9-18/h3-13,15-16H,2,14,17H2,1H3,(H,25,27). The maximum atomic E-state index is 12.5. The molecule has 0 fully saturated rings. The fraction of sp³-hybridized carbons (Fsp3) is 0.167. The van der Waals surface area contributed by atoms with Crippen molar-refractivity contribution >= 4 is 17.9 Å². The van der Waals surface area contributed by atoms with Crippen LogP contribution in [-0.2, 0) is 4.79 Å². The van der Waals surface area contributed by atoms with Crippen molar-refractivity contribution in [3.63, 3.8) is 0 Å². The number of benzene rings is 3. The molecule has 0 unspecified atom stereocenters. The molecule has 1 amide bonds. The molecule has 3 aromatic rings. The minimum Gasteiger partial charge on any atom is -0.493 e. The van der Waals surface area contributed by atoms with Gasteiger partial charge in [-0.05, 0) is 30.2 Å². The van der Waals surface area contributed by atoms with E-state index in [1.807, 2.05) is 61.5 Å². The van der Waals surface area contributed by atoms with Crippen LogP contribution in [0, 0.1) is 0 Å². The molecular weight excluding hydrogens is 366 g/mol. The highest BCUT2D eigenvalue weighted by molar-refractivity contribution is 5.96. The van der Waals surface area contributed by atoms with E-state index in [-0.39, 0.29) is 12.5 Å². The minimum atomic E-state index is -0.315. The van der Waals surface area contributed by atoms with Crippen LogP contribution in [0.15, 0.2) is 72.8 Å². The number of hydrogen-bond acceptors (Lipinski definition) is 4. The molecule has 5 nitrogen and oxygen atoms in total. The predicted octanol–water partition coefficient (Wildman–Crippen LogP) is 4.97. The number of ether oxygens (including phenoxy) is 2. The molecule has 29 heavy (non-hydrogen) atoms. The van der Waals surface area contributed by atoms with Gasteiger partial charge in [0.25, 0.3) is 5.91 Å². The zero-order valence-corrected chi connectivity index (χ0v) is 16.3. The highest BCUT2D eigenvalue weighted by atomic mass is 16.5. The van der Waals surface area contributed by atoms with E-state index >= 15 is 0 Å². The number of carbonyl (C=O) groups excluding carboxylic acids is 2. The van der Waals surface area contributed by atoms with E-state index in [1.54, 1.807) is 18.2 Å². The Bertz CT molecular complexity index is 970. The Morgan fingerprint density at radius 3 is 2.48 bits per heavy atom. The van der Waals surface area contributed by atoms with Gasteiger partial charge in [0.2, 0.25) is 0 Å². The zero-order valence-electron chi connectivity index (χ0n) is 16.3. The molecule has 5 heteroatoms. The van der Waals surface area contributed by atoms with Gasteiger partial charge in [0.1, 0.15) is 11.5 Å². The van der Waals surface area contributed by atoms with Crippen molar-refractivity contribution in [1.29, 1.82) is 0 Å². The van der Waals surface area contributed by atoms with Crippen molar-refractivity contribution in [2.45, 2.75) is 13.3 Å². The average molecular weight is 389 g/mol. The number of hydrogen-bond donors (Lipinski definition) is 1. The molecule has 0 spiro atoms. The van der Waals surface area contributed by atoms with Crippen molar-refractivity contribution in [1.82, 2.24) is 0 Å². The van der Waals surface area contributed by atoms with E-state index in [0.717, 1.165) is 17.5 Å². The van der Waals surface area contributed by atoms with Gasteiger partial charge in [0, 0.05) is 17.3 Å². The van der Waals surface area contributed by atoms with Crippen LogP contribution in [0.3, 0.4) is 0 Å². The maximum absolute atomic E-state index is 12.5. The van der Waals surface area contributed by atoms with E-state index in [1.165, 1.54) is 0 Å². The summed E-state index contributed by atoms with van der Waals surface area (Å²) >= 11 is 0. The molecule has 0 atom stereocenters. The van der Waals surface area contributed by atoms with Crippen LogP contribution in [0.4, 0.5) is 5.69 Å². The van der Waals surface area contributed by atoms with Gasteiger partial charge in [0.15, 0.2) is 12.9 Å². The summed E-state index contributed by atoms with van der Waals surface area (Å²) < 4.78 is 11.2. The lowest BCUT2D eigenvalue weighted by Gasteiger charge is -2.13. The minimum absolute atomic E-state index is 0.221. The molecule has 0 radical (unpaired) electrons. The van der Waals surface area contributed by atoms with Crippen LogP contribution in [-0.4, -0.2) is 25.4 Å². The molecule has 0 saturated carbocycles. The highest BCUT2D eigenvalue weighted by Gasteiger charge is 2.11. The second-order valence-electron chi connectivity index (χ2n) is 6.41. The molecule has 3 aromatic carbocycles. The van der Waals surface area contributed by atoms with E-state index in [2.05, 4.69) is 5.32 Å². The van der Waals surface area contributed by atoms with Gasteiger partial charge in [-0.1, -0.05) is 55.5 Å². The Kier molecular flexibility index (Phi) is 7.00. The fourth-order valence-electron chi connectivity index (χ4n) is 2.84. The molecule has 1 N–H and O–H groups in total. The zero-order chi connectivity index (χ0) is 20.5. The summed E-state index contributed by atoms with van der Waals surface area (Å²) in [5.41, 5.74) is 2.99. The SMILES string of the molecule is CCCOc1ccc(C=O)c(OCC(=O)Nc2ccccc2-c2ccccc2)c1. The van der Waals surface area contributed by atoms with Crippen molar-refractivity contribution in [3.8, 4) is 22.6 Å². The van der Waals surface area contributed by atoms with Crippen LogP contribution in [0.2, 0.25) is 0 Å².